The summed E-state index contributed by atoms with van der Waals surface area (Å²) in [5.41, 5.74) is -0.980. The summed E-state index contributed by atoms with van der Waals surface area (Å²) < 4.78 is 20.3. The van der Waals surface area contributed by atoms with Crippen LogP contribution >= 0.6 is 22.9 Å². The summed E-state index contributed by atoms with van der Waals surface area (Å²) in [7, 11) is 0. The zero-order valence-corrected chi connectivity index (χ0v) is 23.1. The number of benzene rings is 3. The first-order valence-electron chi connectivity index (χ1n) is 12.9. The molecule has 0 bridgehead atoms. The largest absolute Gasteiger partial charge is 0.450 e. The monoisotopic (exact) mass is 586 g/mol. The lowest BCUT2D eigenvalue weighted by Crippen LogP contribution is -2.53. The lowest BCUT2D eigenvalue weighted by molar-refractivity contribution is -0.121. The molecule has 7 rings (SSSR count). The molecule has 0 aliphatic carbocycles. The number of carbonyl (C=O) groups excluding carboxylic acids is 2. The maximum atomic E-state index is 14.8. The number of hydrogen-bond donors (Lipinski definition) is 0. The Hall–Kier alpha value is -4.41. The van der Waals surface area contributed by atoms with E-state index in [1.807, 2.05) is 6.92 Å². The van der Waals surface area contributed by atoms with Crippen molar-refractivity contribution in [1.29, 1.82) is 0 Å². The molecule has 5 aromatic rings. The number of amides is 2. The van der Waals surface area contributed by atoms with Crippen LogP contribution in [0.5, 0.6) is 0 Å². The van der Waals surface area contributed by atoms with E-state index in [1.165, 1.54) is 27.2 Å². The van der Waals surface area contributed by atoms with Crippen molar-refractivity contribution >= 4 is 56.5 Å². The zero-order valence-electron chi connectivity index (χ0n) is 21.6. The fraction of sp³-hybridized carbons (Fsp3) is 0.167. The number of hydrogen-bond acceptors (Lipinski definition) is 7. The van der Waals surface area contributed by atoms with Gasteiger partial charge >= 0.3 is 0 Å². The number of anilines is 2. The Labute approximate surface area is 241 Å². The van der Waals surface area contributed by atoms with Gasteiger partial charge in [0.25, 0.3) is 11.8 Å². The van der Waals surface area contributed by atoms with Crippen LogP contribution in [0.15, 0.2) is 75.9 Å². The normalized spacial score (nSPS) is 17.6. The third kappa shape index (κ3) is 3.60. The third-order valence-electron chi connectivity index (χ3n) is 7.45. The topological polar surface area (TPSA) is 96.6 Å². The van der Waals surface area contributed by atoms with Crippen molar-refractivity contribution in [2.24, 2.45) is 0 Å². The van der Waals surface area contributed by atoms with Crippen LogP contribution in [0.4, 0.5) is 15.2 Å². The van der Waals surface area contributed by atoms with Gasteiger partial charge in [0.2, 0.25) is 10.9 Å². The van der Waals surface area contributed by atoms with E-state index in [9.17, 15) is 18.8 Å². The summed E-state index contributed by atoms with van der Waals surface area (Å²) in [6, 6.07) is 17.6. The predicted octanol–water partition coefficient (Wildman–Crippen LogP) is 5.84. The zero-order chi connectivity index (χ0) is 28.5. The maximum absolute atomic E-state index is 14.8. The third-order valence-corrected chi connectivity index (χ3v) is 8.67. The predicted molar refractivity (Wildman–Crippen MR) is 153 cm³/mol. The molecule has 0 N–H and O–H groups in total. The first kappa shape index (κ1) is 25.6. The summed E-state index contributed by atoms with van der Waals surface area (Å²) in [5, 5.41) is 9.87. The van der Waals surface area contributed by atoms with Crippen molar-refractivity contribution in [2.45, 2.75) is 31.8 Å². The van der Waals surface area contributed by atoms with Gasteiger partial charge in [-0.25, -0.2) is 4.39 Å². The minimum Gasteiger partial charge on any atom is -0.450 e. The molecule has 8 nitrogen and oxygen atoms in total. The van der Waals surface area contributed by atoms with Gasteiger partial charge in [-0.3, -0.25) is 19.3 Å². The number of para-hydroxylation sites is 1. The SMILES string of the molecule is CCCc1nnc(N2C(=O)c3oc4ccc(F)cc4c(=O)c3C23C(=O)N(Cc2ccc(Cl)cc2)c2ccccc23)s1. The highest BCUT2D eigenvalue weighted by Gasteiger charge is 2.66. The molecule has 2 aliphatic rings. The molecular weight excluding hydrogens is 567 g/mol. The second-order valence-electron chi connectivity index (χ2n) is 9.89. The molecule has 0 radical (unpaired) electrons. The summed E-state index contributed by atoms with van der Waals surface area (Å²) >= 11 is 7.27. The molecule has 0 saturated carbocycles. The molecule has 2 aliphatic heterocycles. The Kier molecular flexibility index (Phi) is 5.81. The molecule has 41 heavy (non-hydrogen) atoms. The van der Waals surface area contributed by atoms with Crippen molar-refractivity contribution in [1.82, 2.24) is 10.2 Å². The van der Waals surface area contributed by atoms with Gasteiger partial charge in [0.05, 0.1) is 23.2 Å². The quantitative estimate of drug-likeness (QED) is 0.257. The van der Waals surface area contributed by atoms with E-state index in [0.717, 1.165) is 24.1 Å². The summed E-state index contributed by atoms with van der Waals surface area (Å²) in [6.45, 7) is 2.15. The van der Waals surface area contributed by atoms with E-state index in [0.29, 0.717) is 27.7 Å². The molecule has 2 aromatic heterocycles. The van der Waals surface area contributed by atoms with Crippen molar-refractivity contribution in [3.63, 3.8) is 0 Å². The van der Waals surface area contributed by atoms with Gasteiger partial charge in [0.1, 0.15) is 16.4 Å². The number of aromatic nitrogens is 2. The van der Waals surface area contributed by atoms with Crippen LogP contribution in [-0.4, -0.2) is 22.0 Å². The summed E-state index contributed by atoms with van der Waals surface area (Å²) in [4.78, 5) is 46.0. The molecule has 1 spiro atoms. The second kappa shape index (κ2) is 9.32. The number of fused-ring (bicyclic) bond motifs is 5. The van der Waals surface area contributed by atoms with Crippen molar-refractivity contribution < 1.29 is 18.4 Å². The number of nitrogens with zero attached hydrogens (tertiary/aromatic N) is 4. The molecule has 1 atom stereocenters. The van der Waals surface area contributed by atoms with Crippen LogP contribution in [-0.2, 0) is 23.3 Å². The standard InChI is InChI=1S/C30H20ClFN4O4S/c1-2-5-23-33-34-29(41-23)36-27(38)26-24(25(37)19-14-18(32)12-13-22(19)40-26)30(36)20-6-3-4-7-21(20)35(28(30)39)15-16-8-10-17(31)11-9-16/h3-4,6-14H,2,5,15H2,1H3. The minimum absolute atomic E-state index is 0.0428. The highest BCUT2D eigenvalue weighted by Crippen LogP contribution is 2.54. The van der Waals surface area contributed by atoms with Crippen LogP contribution in [0.25, 0.3) is 11.0 Å². The van der Waals surface area contributed by atoms with Gasteiger partial charge in [0, 0.05) is 17.0 Å². The highest BCUT2D eigenvalue weighted by molar-refractivity contribution is 7.15. The molecular formula is C30H20ClFN4O4S. The first-order chi connectivity index (χ1) is 19.8. The maximum Gasteiger partial charge on any atom is 0.297 e. The van der Waals surface area contributed by atoms with Crippen LogP contribution in [0.2, 0.25) is 5.02 Å². The van der Waals surface area contributed by atoms with E-state index in [1.54, 1.807) is 48.5 Å². The van der Waals surface area contributed by atoms with Gasteiger partial charge in [-0.05, 0) is 48.4 Å². The fourth-order valence-corrected chi connectivity index (χ4v) is 6.83. The van der Waals surface area contributed by atoms with E-state index in [4.69, 9.17) is 16.0 Å². The average molecular weight is 587 g/mol. The van der Waals surface area contributed by atoms with Crippen LogP contribution in [0.1, 0.15) is 45.6 Å². The molecule has 4 heterocycles. The molecule has 2 amide bonds. The lowest BCUT2D eigenvalue weighted by Gasteiger charge is -2.32. The Morgan fingerprint density at radius 2 is 1.80 bits per heavy atom. The summed E-state index contributed by atoms with van der Waals surface area (Å²) in [5.74, 6) is -2.15. The lowest BCUT2D eigenvalue weighted by atomic mass is 9.84. The van der Waals surface area contributed by atoms with Crippen molar-refractivity contribution in [2.75, 3.05) is 9.80 Å². The van der Waals surface area contributed by atoms with E-state index < -0.39 is 28.6 Å². The first-order valence-corrected chi connectivity index (χ1v) is 14.1. The van der Waals surface area contributed by atoms with Crippen molar-refractivity contribution in [3.05, 3.63) is 115 Å². The van der Waals surface area contributed by atoms with Gasteiger partial charge < -0.3 is 9.32 Å². The number of carbonyl (C=O) groups is 2. The van der Waals surface area contributed by atoms with Gasteiger partial charge in [-0.15, -0.1) is 10.2 Å². The number of aryl methyl sites for hydroxylation is 1. The van der Waals surface area contributed by atoms with E-state index in [-0.39, 0.29) is 34.0 Å². The van der Waals surface area contributed by atoms with Crippen LogP contribution < -0.4 is 15.2 Å². The molecule has 0 saturated heterocycles. The second-order valence-corrected chi connectivity index (χ2v) is 11.4. The van der Waals surface area contributed by atoms with Gasteiger partial charge in [-0.2, -0.15) is 0 Å². The van der Waals surface area contributed by atoms with E-state index >= 15 is 0 Å². The van der Waals surface area contributed by atoms with Crippen LogP contribution in [0.3, 0.4) is 0 Å². The smallest absolute Gasteiger partial charge is 0.297 e. The van der Waals surface area contributed by atoms with Crippen LogP contribution in [0, 0.1) is 5.82 Å². The minimum atomic E-state index is -1.93. The Morgan fingerprint density at radius 1 is 1.02 bits per heavy atom. The molecule has 204 valence electrons. The fourth-order valence-electron chi connectivity index (χ4n) is 5.71. The van der Waals surface area contributed by atoms with Gasteiger partial charge in [-0.1, -0.05) is 60.2 Å². The highest BCUT2D eigenvalue weighted by atomic mass is 35.5. The molecule has 3 aromatic carbocycles. The van der Waals surface area contributed by atoms with Crippen molar-refractivity contribution in [3.8, 4) is 0 Å². The number of rotatable bonds is 5. The summed E-state index contributed by atoms with van der Waals surface area (Å²) in [6.07, 6.45) is 1.44. The molecule has 0 fully saturated rings. The van der Waals surface area contributed by atoms with E-state index in [2.05, 4.69) is 10.2 Å². The Morgan fingerprint density at radius 3 is 2.59 bits per heavy atom. The average Bonchev–Trinajstić information content (AvgIpc) is 3.60. The molecule has 11 heteroatoms. The number of halogens is 2. The Bertz CT molecular complexity index is 1960. The molecule has 1 unspecified atom stereocenters. The van der Waals surface area contributed by atoms with Gasteiger partial charge in [0.15, 0.2) is 11.0 Å². The Balaban J connectivity index is 1.53.